The maximum atomic E-state index is 11.5. The first-order valence-corrected chi connectivity index (χ1v) is 3.72. The fraction of sp³-hybridized carbons (Fsp3) is 0.833. The first-order chi connectivity index (χ1) is 7.10. The number of hydroxylamine groups is 1. The van der Waals surface area contributed by atoms with E-state index < -0.39 is 38.1 Å². The SMILES string of the molecule is O=C(COCC(F)(F)F)NOCC(F)(F)F. The van der Waals surface area contributed by atoms with Crippen molar-refractivity contribution in [1.82, 2.24) is 5.48 Å². The predicted octanol–water partition coefficient (Wildman–Crippen LogP) is 1.18. The van der Waals surface area contributed by atoms with Crippen LogP contribution in [0.25, 0.3) is 0 Å². The normalized spacial score (nSPS) is 12.6. The zero-order valence-corrected chi connectivity index (χ0v) is 7.61. The maximum Gasteiger partial charge on any atom is 0.414 e. The van der Waals surface area contributed by atoms with Crippen LogP contribution in [0, 0.1) is 0 Å². The third-order valence-corrected chi connectivity index (χ3v) is 0.921. The summed E-state index contributed by atoms with van der Waals surface area (Å²) in [5.74, 6) is -1.24. The van der Waals surface area contributed by atoms with Crippen LogP contribution in [-0.2, 0) is 14.4 Å². The summed E-state index contributed by atoms with van der Waals surface area (Å²) in [7, 11) is 0. The van der Waals surface area contributed by atoms with Crippen molar-refractivity contribution in [3.8, 4) is 0 Å². The van der Waals surface area contributed by atoms with Gasteiger partial charge in [-0.05, 0) is 0 Å². The van der Waals surface area contributed by atoms with Gasteiger partial charge in [0.25, 0.3) is 5.91 Å². The molecule has 1 N–H and O–H groups in total. The number of rotatable bonds is 5. The molecular formula is C6H7F6NO3. The largest absolute Gasteiger partial charge is 0.414 e. The van der Waals surface area contributed by atoms with Crippen molar-refractivity contribution < 1.29 is 40.7 Å². The second kappa shape index (κ2) is 5.89. The van der Waals surface area contributed by atoms with Crippen molar-refractivity contribution in [1.29, 1.82) is 0 Å². The quantitative estimate of drug-likeness (QED) is 0.592. The summed E-state index contributed by atoms with van der Waals surface area (Å²) in [6.07, 6.45) is -9.24. The Morgan fingerprint density at radius 3 is 1.94 bits per heavy atom. The first kappa shape index (κ1) is 15.0. The fourth-order valence-electron chi connectivity index (χ4n) is 0.487. The smallest absolute Gasteiger partial charge is 0.362 e. The molecular weight excluding hydrogens is 248 g/mol. The number of carbonyl (C=O) groups is 1. The van der Waals surface area contributed by atoms with Gasteiger partial charge in [-0.3, -0.25) is 9.63 Å². The minimum Gasteiger partial charge on any atom is -0.362 e. The molecule has 0 fully saturated rings. The molecule has 0 rings (SSSR count). The molecule has 0 aromatic carbocycles. The summed E-state index contributed by atoms with van der Waals surface area (Å²) in [5.41, 5.74) is 1.27. The Hall–Kier alpha value is -1.03. The molecule has 0 aromatic rings. The van der Waals surface area contributed by atoms with Crippen LogP contribution in [0.3, 0.4) is 0 Å². The van der Waals surface area contributed by atoms with Crippen LogP contribution in [-0.4, -0.2) is 38.1 Å². The van der Waals surface area contributed by atoms with Crippen LogP contribution in [0.5, 0.6) is 0 Å². The number of amides is 1. The van der Waals surface area contributed by atoms with Gasteiger partial charge in [0.05, 0.1) is 0 Å². The minimum absolute atomic E-state index is 1.04. The van der Waals surface area contributed by atoms with Gasteiger partial charge in [0.1, 0.15) is 13.2 Å². The van der Waals surface area contributed by atoms with E-state index in [2.05, 4.69) is 9.57 Å². The number of halogens is 6. The molecule has 0 aliphatic rings. The number of carbonyl (C=O) groups excluding carboxylic acids is 1. The van der Waals surface area contributed by atoms with Crippen molar-refractivity contribution in [2.24, 2.45) is 0 Å². The third kappa shape index (κ3) is 11.0. The summed E-state index contributed by atoms with van der Waals surface area (Å²) in [5, 5.41) is 0. The van der Waals surface area contributed by atoms with Gasteiger partial charge >= 0.3 is 12.4 Å². The van der Waals surface area contributed by atoms with E-state index in [-0.39, 0.29) is 0 Å². The molecule has 4 nitrogen and oxygen atoms in total. The summed E-state index contributed by atoms with van der Waals surface area (Å²) in [6.45, 7) is -4.45. The van der Waals surface area contributed by atoms with Crippen LogP contribution in [0.15, 0.2) is 0 Å². The molecule has 0 atom stereocenters. The molecule has 0 bridgehead atoms. The predicted molar refractivity (Wildman–Crippen MR) is 37.0 cm³/mol. The van der Waals surface area contributed by atoms with E-state index in [4.69, 9.17) is 0 Å². The summed E-state index contributed by atoms with van der Waals surface area (Å²) < 4.78 is 72.7. The van der Waals surface area contributed by atoms with Crippen LogP contribution in [0.4, 0.5) is 26.3 Å². The van der Waals surface area contributed by atoms with E-state index >= 15 is 0 Å². The Bertz CT molecular complexity index is 203. The van der Waals surface area contributed by atoms with E-state index in [1.807, 2.05) is 0 Å². The molecule has 96 valence electrons. The number of ether oxygens (including phenoxy) is 1. The number of nitrogens with one attached hydrogen (secondary N) is 1. The fourth-order valence-corrected chi connectivity index (χ4v) is 0.487. The molecule has 10 heteroatoms. The monoisotopic (exact) mass is 255 g/mol. The van der Waals surface area contributed by atoms with Gasteiger partial charge in [-0.2, -0.15) is 26.3 Å². The van der Waals surface area contributed by atoms with E-state index in [0.717, 1.165) is 0 Å². The van der Waals surface area contributed by atoms with Crippen LogP contribution >= 0.6 is 0 Å². The maximum absolute atomic E-state index is 11.5. The standard InChI is InChI=1S/C6H7F6NO3/c7-5(8,9)2-15-1-4(14)13-16-3-6(10,11)12/h1-3H2,(H,13,14). The first-order valence-electron chi connectivity index (χ1n) is 3.72. The lowest BCUT2D eigenvalue weighted by Crippen LogP contribution is -2.33. The van der Waals surface area contributed by atoms with Gasteiger partial charge in [-0.25, -0.2) is 5.48 Å². The lowest BCUT2D eigenvalue weighted by molar-refractivity contribution is -0.196. The molecule has 0 aliphatic heterocycles. The molecule has 0 aliphatic carbocycles. The molecule has 0 saturated heterocycles. The summed E-state index contributed by atoms with van der Waals surface area (Å²) in [4.78, 5) is 14.2. The highest BCUT2D eigenvalue weighted by atomic mass is 19.4. The number of alkyl halides is 6. The zero-order chi connectivity index (χ0) is 12.8. The van der Waals surface area contributed by atoms with Gasteiger partial charge in [0.2, 0.25) is 0 Å². The van der Waals surface area contributed by atoms with Crippen LogP contribution in [0.1, 0.15) is 0 Å². The van der Waals surface area contributed by atoms with Crippen molar-refractivity contribution >= 4 is 5.91 Å². The lowest BCUT2D eigenvalue weighted by atomic mass is 10.6. The highest BCUT2D eigenvalue weighted by Gasteiger charge is 2.29. The Kier molecular flexibility index (Phi) is 5.51. The molecule has 0 spiro atoms. The van der Waals surface area contributed by atoms with Crippen molar-refractivity contribution in [2.75, 3.05) is 19.8 Å². The van der Waals surface area contributed by atoms with Gasteiger partial charge in [0, 0.05) is 0 Å². The second-order valence-corrected chi connectivity index (χ2v) is 2.54. The van der Waals surface area contributed by atoms with Gasteiger partial charge < -0.3 is 4.74 Å². The van der Waals surface area contributed by atoms with E-state index in [1.54, 1.807) is 0 Å². The lowest BCUT2D eigenvalue weighted by Gasteiger charge is -2.09. The summed E-state index contributed by atoms with van der Waals surface area (Å²) in [6, 6.07) is 0. The van der Waals surface area contributed by atoms with Gasteiger partial charge in [-0.15, -0.1) is 0 Å². The molecule has 0 heterocycles. The summed E-state index contributed by atoms with van der Waals surface area (Å²) >= 11 is 0. The highest BCUT2D eigenvalue weighted by Crippen LogP contribution is 2.14. The minimum atomic E-state index is -4.64. The Balaban J connectivity index is 3.53. The van der Waals surface area contributed by atoms with E-state index in [0.29, 0.717) is 0 Å². The Labute approximate surface area is 85.4 Å². The van der Waals surface area contributed by atoms with Gasteiger partial charge in [0.15, 0.2) is 6.61 Å². The average molecular weight is 255 g/mol. The van der Waals surface area contributed by atoms with Gasteiger partial charge in [-0.1, -0.05) is 0 Å². The molecule has 0 unspecified atom stereocenters. The molecule has 0 aromatic heterocycles. The highest BCUT2D eigenvalue weighted by molar-refractivity contribution is 5.75. The number of hydrogen-bond donors (Lipinski definition) is 1. The average Bonchev–Trinajstić information content (AvgIpc) is 1.98. The number of hydrogen-bond acceptors (Lipinski definition) is 3. The van der Waals surface area contributed by atoms with Crippen LogP contribution in [0.2, 0.25) is 0 Å². The third-order valence-electron chi connectivity index (χ3n) is 0.921. The van der Waals surface area contributed by atoms with Crippen LogP contribution < -0.4 is 5.48 Å². The van der Waals surface area contributed by atoms with Crippen molar-refractivity contribution in [2.45, 2.75) is 12.4 Å². The topological polar surface area (TPSA) is 47.6 Å². The van der Waals surface area contributed by atoms with Crippen molar-refractivity contribution in [3.05, 3.63) is 0 Å². The molecule has 0 radical (unpaired) electrons. The molecule has 0 saturated carbocycles. The van der Waals surface area contributed by atoms with Crippen molar-refractivity contribution in [3.63, 3.8) is 0 Å². The van der Waals surface area contributed by atoms with E-state index in [9.17, 15) is 31.1 Å². The Morgan fingerprint density at radius 1 is 1.00 bits per heavy atom. The second-order valence-electron chi connectivity index (χ2n) is 2.54. The zero-order valence-electron chi connectivity index (χ0n) is 7.61. The molecule has 16 heavy (non-hydrogen) atoms. The van der Waals surface area contributed by atoms with E-state index in [1.165, 1.54) is 5.48 Å². The Morgan fingerprint density at radius 2 is 1.50 bits per heavy atom. The molecule has 1 amide bonds.